The maximum absolute atomic E-state index is 12.3. The highest BCUT2D eigenvalue weighted by Gasteiger charge is 2.51. The van der Waals surface area contributed by atoms with Crippen molar-refractivity contribution in [3.05, 3.63) is 0 Å². The van der Waals surface area contributed by atoms with E-state index in [9.17, 15) is 9.59 Å². The molecule has 0 aromatic heterocycles. The molecule has 23 heavy (non-hydrogen) atoms. The number of aliphatic hydroxyl groups excluding tert-OH is 1. The Balaban J connectivity index is 1.45. The van der Waals surface area contributed by atoms with Gasteiger partial charge in [0.1, 0.15) is 0 Å². The first-order chi connectivity index (χ1) is 11.0. The molecule has 0 aromatic rings. The highest BCUT2D eigenvalue weighted by molar-refractivity contribution is 5.85. The number of carbonyl (C=O) groups excluding carboxylic acids is 2. The largest absolute Gasteiger partial charge is 0.394 e. The van der Waals surface area contributed by atoms with Gasteiger partial charge in [0.25, 0.3) is 0 Å². The fraction of sp³-hybridized carbons (Fsp3) is 0.889. The minimum Gasteiger partial charge on any atom is -0.394 e. The predicted octanol–water partition coefficient (Wildman–Crippen LogP) is 1.60. The van der Waals surface area contributed by atoms with E-state index in [0.717, 1.165) is 17.8 Å². The Kier molecular flexibility index (Phi) is 4.95. The van der Waals surface area contributed by atoms with Crippen molar-refractivity contribution < 1.29 is 14.7 Å². The molecule has 4 saturated carbocycles. The van der Waals surface area contributed by atoms with Crippen molar-refractivity contribution in [1.82, 2.24) is 10.6 Å². The second-order valence-corrected chi connectivity index (χ2v) is 8.23. The van der Waals surface area contributed by atoms with Crippen LogP contribution < -0.4 is 10.6 Å². The molecule has 0 heterocycles. The van der Waals surface area contributed by atoms with E-state index in [-0.39, 0.29) is 36.4 Å². The summed E-state index contributed by atoms with van der Waals surface area (Å²) in [7, 11) is 0. The van der Waals surface area contributed by atoms with Gasteiger partial charge in [0, 0.05) is 6.42 Å². The molecular formula is C18H30N2O3. The number of hydrogen-bond donors (Lipinski definition) is 3. The molecule has 5 nitrogen and oxygen atoms in total. The number of nitrogens with one attached hydrogen (secondary N) is 2. The third-order valence-corrected chi connectivity index (χ3v) is 6.23. The fourth-order valence-corrected chi connectivity index (χ4v) is 5.64. The van der Waals surface area contributed by atoms with Crippen LogP contribution in [0, 0.1) is 23.2 Å². The predicted molar refractivity (Wildman–Crippen MR) is 87.5 cm³/mol. The molecule has 0 saturated heterocycles. The normalized spacial score (nSPS) is 35.8. The van der Waals surface area contributed by atoms with E-state index in [1.165, 1.54) is 38.5 Å². The lowest BCUT2D eigenvalue weighted by Gasteiger charge is -2.56. The van der Waals surface area contributed by atoms with E-state index in [0.29, 0.717) is 12.8 Å². The van der Waals surface area contributed by atoms with E-state index in [1.54, 1.807) is 0 Å². The first-order valence-electron chi connectivity index (χ1n) is 9.19. The molecule has 4 rings (SSSR count). The lowest BCUT2D eigenvalue weighted by molar-refractivity contribution is -0.132. The van der Waals surface area contributed by atoms with E-state index in [2.05, 4.69) is 10.6 Å². The van der Waals surface area contributed by atoms with E-state index in [1.807, 2.05) is 6.92 Å². The van der Waals surface area contributed by atoms with Gasteiger partial charge in [0.15, 0.2) is 0 Å². The van der Waals surface area contributed by atoms with Crippen molar-refractivity contribution in [2.75, 3.05) is 13.2 Å². The van der Waals surface area contributed by atoms with Crippen LogP contribution in [-0.4, -0.2) is 36.1 Å². The Bertz CT molecular complexity index is 424. The fourth-order valence-electron chi connectivity index (χ4n) is 5.64. The van der Waals surface area contributed by atoms with Crippen LogP contribution in [0.4, 0.5) is 0 Å². The molecule has 4 bridgehead atoms. The number of aliphatic hydroxyl groups is 1. The summed E-state index contributed by atoms with van der Waals surface area (Å²) in [4.78, 5) is 24.1. The summed E-state index contributed by atoms with van der Waals surface area (Å²) in [6.45, 7) is 1.86. The number of hydrogen-bond acceptors (Lipinski definition) is 3. The van der Waals surface area contributed by atoms with Gasteiger partial charge in [0.2, 0.25) is 11.8 Å². The van der Waals surface area contributed by atoms with Crippen LogP contribution in [0.5, 0.6) is 0 Å². The molecule has 5 heteroatoms. The van der Waals surface area contributed by atoms with Gasteiger partial charge in [-0.05, 0) is 68.1 Å². The van der Waals surface area contributed by atoms with Crippen LogP contribution in [0.3, 0.4) is 0 Å². The van der Waals surface area contributed by atoms with Gasteiger partial charge in [0.05, 0.1) is 19.2 Å². The zero-order valence-electron chi connectivity index (χ0n) is 14.1. The molecule has 1 unspecified atom stereocenters. The van der Waals surface area contributed by atoms with Crippen molar-refractivity contribution in [3.63, 3.8) is 0 Å². The molecule has 0 radical (unpaired) electrons. The zero-order valence-corrected chi connectivity index (χ0v) is 14.1. The molecule has 0 spiro atoms. The molecule has 3 N–H and O–H groups in total. The number of carbonyl (C=O) groups is 2. The number of amides is 2. The number of rotatable bonds is 7. The molecule has 2 amide bonds. The zero-order chi connectivity index (χ0) is 16.4. The van der Waals surface area contributed by atoms with Crippen LogP contribution in [-0.2, 0) is 9.59 Å². The first-order valence-corrected chi connectivity index (χ1v) is 9.19. The van der Waals surface area contributed by atoms with Gasteiger partial charge in [-0.25, -0.2) is 0 Å². The Morgan fingerprint density at radius 3 is 2.13 bits per heavy atom. The summed E-state index contributed by atoms with van der Waals surface area (Å²) in [6.07, 6.45) is 9.03. The monoisotopic (exact) mass is 322 g/mol. The summed E-state index contributed by atoms with van der Waals surface area (Å²) < 4.78 is 0. The molecule has 0 aliphatic heterocycles. The van der Waals surface area contributed by atoms with E-state index >= 15 is 0 Å². The Hall–Kier alpha value is -1.10. The van der Waals surface area contributed by atoms with Gasteiger partial charge in [-0.2, -0.15) is 0 Å². The third-order valence-electron chi connectivity index (χ3n) is 6.23. The molecule has 4 fully saturated rings. The Morgan fingerprint density at radius 1 is 1.09 bits per heavy atom. The van der Waals surface area contributed by atoms with Crippen LogP contribution in [0.15, 0.2) is 0 Å². The molecule has 0 aromatic carbocycles. The Labute approximate surface area is 138 Å². The topological polar surface area (TPSA) is 78.4 Å². The summed E-state index contributed by atoms with van der Waals surface area (Å²) in [6, 6.07) is -0.220. The summed E-state index contributed by atoms with van der Waals surface area (Å²) in [5.41, 5.74) is 0.215. The average molecular weight is 322 g/mol. The minimum atomic E-state index is -0.220. The van der Waals surface area contributed by atoms with Gasteiger partial charge in [-0.15, -0.1) is 0 Å². The van der Waals surface area contributed by atoms with E-state index in [4.69, 9.17) is 5.11 Å². The molecule has 1 atom stereocenters. The maximum atomic E-state index is 12.3. The van der Waals surface area contributed by atoms with Crippen LogP contribution >= 0.6 is 0 Å². The average Bonchev–Trinajstić information content (AvgIpc) is 2.48. The van der Waals surface area contributed by atoms with Gasteiger partial charge in [-0.1, -0.05) is 6.92 Å². The molecule has 130 valence electrons. The lowest BCUT2D eigenvalue weighted by atomic mass is 9.49. The summed E-state index contributed by atoms with van der Waals surface area (Å²) >= 11 is 0. The van der Waals surface area contributed by atoms with Crippen molar-refractivity contribution in [2.24, 2.45) is 23.2 Å². The molecular weight excluding hydrogens is 292 g/mol. The molecule has 4 aliphatic rings. The summed E-state index contributed by atoms with van der Waals surface area (Å²) in [5.74, 6) is 2.32. The van der Waals surface area contributed by atoms with E-state index < -0.39 is 0 Å². The second kappa shape index (κ2) is 6.80. The van der Waals surface area contributed by atoms with Gasteiger partial charge in [-0.3, -0.25) is 9.59 Å². The van der Waals surface area contributed by atoms with Crippen LogP contribution in [0.1, 0.15) is 58.3 Å². The highest BCUT2D eigenvalue weighted by atomic mass is 16.3. The Morgan fingerprint density at radius 2 is 1.65 bits per heavy atom. The standard InChI is InChI=1S/C18H30N2O3/c1-2-15(11-21)20-17(23)10-19-16(22)9-18-6-12-3-13(7-18)5-14(4-12)8-18/h12-15,21H,2-11H2,1H3,(H,19,22)(H,20,23). The first kappa shape index (κ1) is 16.7. The van der Waals surface area contributed by atoms with Crippen LogP contribution in [0.2, 0.25) is 0 Å². The third kappa shape index (κ3) is 3.87. The molecule has 4 aliphatic carbocycles. The van der Waals surface area contributed by atoms with Gasteiger partial charge >= 0.3 is 0 Å². The second-order valence-electron chi connectivity index (χ2n) is 8.23. The van der Waals surface area contributed by atoms with Crippen molar-refractivity contribution in [2.45, 2.75) is 64.3 Å². The van der Waals surface area contributed by atoms with Gasteiger partial charge < -0.3 is 15.7 Å². The van der Waals surface area contributed by atoms with Crippen molar-refractivity contribution in [1.29, 1.82) is 0 Å². The maximum Gasteiger partial charge on any atom is 0.239 e. The van der Waals surface area contributed by atoms with Crippen molar-refractivity contribution in [3.8, 4) is 0 Å². The SMILES string of the molecule is CCC(CO)NC(=O)CNC(=O)CC12CC3CC(CC(C3)C1)C2. The smallest absolute Gasteiger partial charge is 0.239 e. The van der Waals surface area contributed by atoms with Crippen molar-refractivity contribution >= 4 is 11.8 Å². The van der Waals surface area contributed by atoms with Crippen LogP contribution in [0.25, 0.3) is 0 Å². The highest BCUT2D eigenvalue weighted by Crippen LogP contribution is 2.61. The summed E-state index contributed by atoms with van der Waals surface area (Å²) in [5, 5.41) is 14.6. The lowest BCUT2D eigenvalue weighted by Crippen LogP contribution is -2.49. The quantitative estimate of drug-likeness (QED) is 0.666. The minimum absolute atomic E-state index is 0.0131.